The van der Waals surface area contributed by atoms with Crippen molar-refractivity contribution in [1.29, 1.82) is 0 Å². The summed E-state index contributed by atoms with van der Waals surface area (Å²) in [6.45, 7) is 3.47. The van der Waals surface area contributed by atoms with Gasteiger partial charge >= 0.3 is 6.03 Å². The lowest BCUT2D eigenvalue weighted by Crippen LogP contribution is -2.37. The highest BCUT2D eigenvalue weighted by molar-refractivity contribution is 14.1. The summed E-state index contributed by atoms with van der Waals surface area (Å²) in [5.74, 6) is 0. The van der Waals surface area contributed by atoms with Gasteiger partial charge in [-0.25, -0.2) is 4.79 Å². The number of carbonyl (C=O) groups excluding carboxylic acids is 1. The van der Waals surface area contributed by atoms with Crippen LogP contribution in [0.5, 0.6) is 0 Å². The van der Waals surface area contributed by atoms with Gasteiger partial charge in [0.2, 0.25) is 0 Å². The number of amides is 2. The molecule has 1 heterocycles. The smallest absolute Gasteiger partial charge is 0.321 e. The highest BCUT2D eigenvalue weighted by Gasteiger charge is 2.14. The van der Waals surface area contributed by atoms with Crippen molar-refractivity contribution in [3.63, 3.8) is 0 Å². The molecule has 5 heteroatoms. The molecule has 0 atom stereocenters. The van der Waals surface area contributed by atoms with Crippen molar-refractivity contribution in [2.24, 2.45) is 0 Å². The fraction of sp³-hybridized carbons (Fsp3) is 0.417. The molecule has 17 heavy (non-hydrogen) atoms. The molecule has 1 aromatic carbocycles. The molecule has 0 bridgehead atoms. The molecule has 1 aliphatic heterocycles. The molecule has 1 aliphatic rings. The lowest BCUT2D eigenvalue weighted by molar-refractivity contribution is 0.215. The van der Waals surface area contributed by atoms with Crippen molar-refractivity contribution >= 4 is 34.3 Å². The van der Waals surface area contributed by atoms with E-state index in [0.717, 1.165) is 38.3 Å². The molecule has 2 rings (SSSR count). The zero-order valence-corrected chi connectivity index (χ0v) is 11.7. The van der Waals surface area contributed by atoms with E-state index in [4.69, 9.17) is 0 Å². The van der Waals surface area contributed by atoms with E-state index in [1.807, 2.05) is 29.2 Å². The second kappa shape index (κ2) is 6.20. The van der Waals surface area contributed by atoms with E-state index < -0.39 is 0 Å². The van der Waals surface area contributed by atoms with Gasteiger partial charge in [0.15, 0.2) is 0 Å². The van der Waals surface area contributed by atoms with Crippen molar-refractivity contribution in [3.8, 4) is 0 Å². The zero-order chi connectivity index (χ0) is 12.1. The zero-order valence-electron chi connectivity index (χ0n) is 9.58. The number of rotatable bonds is 1. The van der Waals surface area contributed by atoms with Crippen LogP contribution in [0.1, 0.15) is 6.42 Å². The molecule has 0 aromatic heterocycles. The predicted molar refractivity (Wildman–Crippen MR) is 77.2 cm³/mol. The third-order valence-electron chi connectivity index (χ3n) is 2.72. The molecule has 0 unspecified atom stereocenters. The van der Waals surface area contributed by atoms with Gasteiger partial charge in [0.05, 0.1) is 0 Å². The maximum Gasteiger partial charge on any atom is 0.321 e. The second-order valence-corrected chi connectivity index (χ2v) is 5.27. The third kappa shape index (κ3) is 3.85. The molecule has 92 valence electrons. The van der Waals surface area contributed by atoms with Crippen LogP contribution >= 0.6 is 22.6 Å². The van der Waals surface area contributed by atoms with Crippen LogP contribution in [0.25, 0.3) is 0 Å². The van der Waals surface area contributed by atoms with Crippen molar-refractivity contribution < 1.29 is 4.79 Å². The molecule has 1 saturated heterocycles. The standard InChI is InChI=1S/C12H16IN3O/c13-10-2-4-11(5-3-10)15-12(17)16-8-1-6-14-7-9-16/h2-5,14H,1,6-9H2,(H,15,17). The van der Waals surface area contributed by atoms with Crippen molar-refractivity contribution in [1.82, 2.24) is 10.2 Å². The maximum absolute atomic E-state index is 12.0. The minimum atomic E-state index is -0.00471. The van der Waals surface area contributed by atoms with Gasteiger partial charge in [-0.2, -0.15) is 0 Å². The van der Waals surface area contributed by atoms with Crippen LogP contribution in [0, 0.1) is 3.57 Å². The number of anilines is 1. The number of hydrogen-bond donors (Lipinski definition) is 2. The minimum absolute atomic E-state index is 0.00471. The quantitative estimate of drug-likeness (QED) is 0.766. The van der Waals surface area contributed by atoms with Gasteiger partial charge in [-0.15, -0.1) is 0 Å². The summed E-state index contributed by atoms with van der Waals surface area (Å²) in [5, 5.41) is 6.20. The average molecular weight is 345 g/mol. The summed E-state index contributed by atoms with van der Waals surface area (Å²) in [7, 11) is 0. The first-order valence-corrected chi connectivity index (χ1v) is 6.86. The van der Waals surface area contributed by atoms with Gasteiger partial charge < -0.3 is 15.5 Å². The summed E-state index contributed by atoms with van der Waals surface area (Å²) in [5.41, 5.74) is 0.854. The number of hydrogen-bond acceptors (Lipinski definition) is 2. The van der Waals surface area contributed by atoms with Gasteiger partial charge in [0.1, 0.15) is 0 Å². The van der Waals surface area contributed by atoms with Crippen molar-refractivity contribution in [3.05, 3.63) is 27.8 Å². The first-order valence-electron chi connectivity index (χ1n) is 5.78. The van der Waals surface area contributed by atoms with Gasteiger partial charge in [-0.3, -0.25) is 0 Å². The van der Waals surface area contributed by atoms with E-state index in [1.54, 1.807) is 0 Å². The van der Waals surface area contributed by atoms with Gasteiger partial charge in [0.25, 0.3) is 0 Å². The first-order chi connectivity index (χ1) is 8.25. The average Bonchev–Trinajstić information content (AvgIpc) is 2.61. The van der Waals surface area contributed by atoms with Gasteiger partial charge in [-0.1, -0.05) is 0 Å². The van der Waals surface area contributed by atoms with E-state index in [2.05, 4.69) is 33.2 Å². The first kappa shape index (κ1) is 12.6. The number of nitrogens with zero attached hydrogens (tertiary/aromatic N) is 1. The molecule has 0 radical (unpaired) electrons. The summed E-state index contributed by atoms with van der Waals surface area (Å²) in [6, 6.07) is 7.82. The van der Waals surface area contributed by atoms with Crippen molar-refractivity contribution in [2.45, 2.75) is 6.42 Å². The Kier molecular flexibility index (Phi) is 4.61. The molecule has 0 aliphatic carbocycles. The number of nitrogens with one attached hydrogen (secondary N) is 2. The van der Waals surface area contributed by atoms with Crippen LogP contribution in [0.2, 0.25) is 0 Å². The normalized spacial score (nSPS) is 16.4. The predicted octanol–water partition coefficient (Wildman–Crippen LogP) is 2.12. The second-order valence-electron chi connectivity index (χ2n) is 4.03. The number of urea groups is 1. The molecule has 4 nitrogen and oxygen atoms in total. The fourth-order valence-corrected chi connectivity index (χ4v) is 2.14. The summed E-state index contributed by atoms with van der Waals surface area (Å²) in [6.07, 6.45) is 1.01. The van der Waals surface area contributed by atoms with Crippen LogP contribution in [-0.2, 0) is 0 Å². The molecule has 0 saturated carbocycles. The van der Waals surface area contributed by atoms with Crippen LogP contribution in [0.4, 0.5) is 10.5 Å². The fourth-order valence-electron chi connectivity index (χ4n) is 1.78. The molecule has 1 aromatic rings. The topological polar surface area (TPSA) is 44.4 Å². The SMILES string of the molecule is O=C(Nc1ccc(I)cc1)N1CCCNCC1. The molecule has 1 fully saturated rings. The Morgan fingerprint density at radius 3 is 2.76 bits per heavy atom. The Labute approximate surface area is 115 Å². The molecule has 0 spiro atoms. The van der Waals surface area contributed by atoms with E-state index in [9.17, 15) is 4.79 Å². The number of carbonyl (C=O) groups is 1. The maximum atomic E-state index is 12.0. The molecular weight excluding hydrogens is 329 g/mol. The van der Waals surface area contributed by atoms with Crippen LogP contribution in [0.3, 0.4) is 0 Å². The van der Waals surface area contributed by atoms with E-state index in [-0.39, 0.29) is 6.03 Å². The Balaban J connectivity index is 1.93. The van der Waals surface area contributed by atoms with Gasteiger partial charge in [-0.05, 0) is 59.8 Å². The van der Waals surface area contributed by atoms with Crippen LogP contribution < -0.4 is 10.6 Å². The van der Waals surface area contributed by atoms with Crippen molar-refractivity contribution in [2.75, 3.05) is 31.5 Å². The highest BCUT2D eigenvalue weighted by Crippen LogP contribution is 2.12. The Bertz CT molecular complexity index is 372. The largest absolute Gasteiger partial charge is 0.323 e. The van der Waals surface area contributed by atoms with Crippen LogP contribution in [-0.4, -0.2) is 37.1 Å². The molecular formula is C12H16IN3O. The van der Waals surface area contributed by atoms with E-state index in [0.29, 0.717) is 0 Å². The number of benzene rings is 1. The molecule has 2 amide bonds. The monoisotopic (exact) mass is 345 g/mol. The highest BCUT2D eigenvalue weighted by atomic mass is 127. The van der Waals surface area contributed by atoms with E-state index in [1.165, 1.54) is 3.57 Å². The van der Waals surface area contributed by atoms with Crippen LogP contribution in [0.15, 0.2) is 24.3 Å². The lowest BCUT2D eigenvalue weighted by Gasteiger charge is -2.20. The molecule has 2 N–H and O–H groups in total. The van der Waals surface area contributed by atoms with Gasteiger partial charge in [0, 0.05) is 28.9 Å². The Morgan fingerprint density at radius 1 is 1.24 bits per heavy atom. The third-order valence-corrected chi connectivity index (χ3v) is 3.44. The van der Waals surface area contributed by atoms with E-state index >= 15 is 0 Å². The Hall–Kier alpha value is -0.820. The summed E-state index contributed by atoms with van der Waals surface area (Å²) in [4.78, 5) is 13.8. The minimum Gasteiger partial charge on any atom is -0.323 e. The number of halogens is 1. The Morgan fingerprint density at radius 2 is 2.00 bits per heavy atom. The summed E-state index contributed by atoms with van der Waals surface area (Å²) >= 11 is 2.25. The summed E-state index contributed by atoms with van der Waals surface area (Å²) < 4.78 is 1.17. The lowest BCUT2D eigenvalue weighted by atomic mass is 10.3.